The molecule has 12 heteroatoms. The van der Waals surface area contributed by atoms with Gasteiger partial charge in [0.2, 0.25) is 0 Å². The summed E-state index contributed by atoms with van der Waals surface area (Å²) in [6.45, 7) is 2.42. The van der Waals surface area contributed by atoms with Crippen molar-refractivity contribution in [3.05, 3.63) is 46.4 Å². The second-order valence-electron chi connectivity index (χ2n) is 5.46. The molecule has 2 N–H and O–H groups in total. The lowest BCUT2D eigenvalue weighted by Gasteiger charge is -2.20. The first-order chi connectivity index (χ1) is 13.6. The van der Waals surface area contributed by atoms with Gasteiger partial charge in [-0.1, -0.05) is 23.7 Å². The molecule has 0 spiro atoms. The smallest absolute Gasteiger partial charge is 0.333 e. The van der Waals surface area contributed by atoms with Gasteiger partial charge in [-0.25, -0.2) is 0 Å². The van der Waals surface area contributed by atoms with Crippen LogP contribution in [0, 0.1) is 11.3 Å². The molecule has 0 bridgehead atoms. The van der Waals surface area contributed by atoms with Gasteiger partial charge in [0, 0.05) is 11.1 Å². The van der Waals surface area contributed by atoms with E-state index in [9.17, 15) is 23.0 Å². The van der Waals surface area contributed by atoms with Crippen molar-refractivity contribution >= 4 is 25.0 Å². The molecule has 0 aliphatic heterocycles. The van der Waals surface area contributed by atoms with Crippen LogP contribution in [0.4, 0.5) is 19.0 Å². The number of alkyl halides is 3. The number of rotatable bonds is 8. The number of H-pyrrole nitrogens is 1. The molecular weight excluding hydrogens is 432 g/mol. The second kappa shape index (κ2) is 9.46. The Hall–Kier alpha value is -2.31. The molecule has 0 saturated carbocycles. The van der Waals surface area contributed by atoms with Crippen molar-refractivity contribution in [2.75, 3.05) is 18.5 Å². The topological polar surface area (TPSA) is 100 Å². The molecule has 0 radical (unpaired) electrons. The van der Waals surface area contributed by atoms with E-state index < -0.39 is 24.8 Å². The summed E-state index contributed by atoms with van der Waals surface area (Å²) in [5.74, 6) is -0.241. The minimum absolute atomic E-state index is 0.212. The van der Waals surface area contributed by atoms with Gasteiger partial charge in [-0.3, -0.25) is 9.66 Å². The number of nitrogens with zero attached hydrogens (tertiary/aromatic N) is 2. The fraction of sp³-hybridized carbons (Fsp3) is 0.294. The Morgan fingerprint density at radius 1 is 1.28 bits per heavy atom. The monoisotopic (exact) mass is 448 g/mol. The van der Waals surface area contributed by atoms with Crippen molar-refractivity contribution in [3.8, 4) is 17.3 Å². The highest BCUT2D eigenvalue weighted by molar-refractivity contribution is 7.59. The third-order valence-electron chi connectivity index (χ3n) is 3.48. The van der Waals surface area contributed by atoms with Crippen molar-refractivity contribution in [1.82, 2.24) is 10.2 Å². The summed E-state index contributed by atoms with van der Waals surface area (Å²) in [4.78, 5) is 0. The number of aromatic amines is 1. The normalized spacial score (nSPS) is 13.0. The molecule has 2 rings (SSSR count). The molecule has 0 aliphatic carbocycles. The minimum Gasteiger partial charge on any atom is -0.333 e. The summed E-state index contributed by atoms with van der Waals surface area (Å²) < 4.78 is 63.6. The van der Waals surface area contributed by atoms with Crippen molar-refractivity contribution in [3.63, 3.8) is 0 Å². The van der Waals surface area contributed by atoms with Crippen LogP contribution < -0.4 is 5.32 Å². The highest BCUT2D eigenvalue weighted by Crippen LogP contribution is 2.58. The Morgan fingerprint density at radius 3 is 2.34 bits per heavy atom. The summed E-state index contributed by atoms with van der Waals surface area (Å²) in [5.41, 5.74) is -0.538. The van der Waals surface area contributed by atoms with Gasteiger partial charge < -0.3 is 14.4 Å². The highest BCUT2D eigenvalue weighted by Gasteiger charge is 2.44. The van der Waals surface area contributed by atoms with Crippen LogP contribution in [0.2, 0.25) is 5.02 Å². The van der Waals surface area contributed by atoms with Gasteiger partial charge in [-0.2, -0.15) is 23.5 Å². The van der Waals surface area contributed by atoms with E-state index in [4.69, 9.17) is 20.6 Å². The number of nitriles is 1. The van der Waals surface area contributed by atoms with Crippen molar-refractivity contribution in [1.29, 1.82) is 5.26 Å². The number of hydrogen-bond donors (Lipinski definition) is 2. The Morgan fingerprint density at radius 2 is 1.86 bits per heavy atom. The van der Waals surface area contributed by atoms with Gasteiger partial charge in [0.05, 0.1) is 18.9 Å². The molecule has 29 heavy (non-hydrogen) atoms. The lowest BCUT2D eigenvalue weighted by molar-refractivity contribution is -0.0907. The zero-order valence-corrected chi connectivity index (χ0v) is 17.0. The number of benzene rings is 1. The van der Waals surface area contributed by atoms with Crippen molar-refractivity contribution < 1.29 is 26.8 Å². The van der Waals surface area contributed by atoms with E-state index in [1.54, 1.807) is 24.3 Å². The van der Waals surface area contributed by atoms with Gasteiger partial charge in [0.1, 0.15) is 11.8 Å². The molecule has 0 fully saturated rings. The zero-order chi connectivity index (χ0) is 21.7. The fourth-order valence-electron chi connectivity index (χ4n) is 2.32. The van der Waals surface area contributed by atoms with Crippen LogP contribution in [-0.2, 0) is 13.6 Å². The van der Waals surface area contributed by atoms with Gasteiger partial charge in [-0.15, -0.1) is 0 Å². The van der Waals surface area contributed by atoms with Gasteiger partial charge in [0.15, 0.2) is 11.1 Å². The number of hydrogen-bond acceptors (Lipinski definition) is 6. The standard InChI is InChI=1S/C17H17ClF3N4O3P/c1-3-27-29(26,28-4-2)14(10-22)16(17(19,20)21)23-15-9-13(24-25-15)11-5-7-12(18)8-6-11/h5-9H,3-4H2,1-2H3,(H2,23,24,25)/b16-14-. The van der Waals surface area contributed by atoms with Crippen LogP contribution in [0.15, 0.2) is 41.3 Å². The first-order valence-corrected chi connectivity index (χ1v) is 10.3. The molecular formula is C17H17ClF3N4O3P. The lowest BCUT2D eigenvalue weighted by atomic mass is 10.1. The number of anilines is 1. The largest absolute Gasteiger partial charge is 0.432 e. The average molecular weight is 449 g/mol. The molecule has 0 atom stereocenters. The first-order valence-electron chi connectivity index (χ1n) is 8.34. The molecule has 2 aromatic rings. The summed E-state index contributed by atoms with van der Waals surface area (Å²) in [6, 6.07) is 9.14. The summed E-state index contributed by atoms with van der Waals surface area (Å²) in [7, 11) is -4.49. The van der Waals surface area contributed by atoms with E-state index >= 15 is 0 Å². The zero-order valence-electron chi connectivity index (χ0n) is 15.4. The molecule has 156 valence electrons. The van der Waals surface area contributed by atoms with Crippen LogP contribution in [0.3, 0.4) is 0 Å². The third-order valence-corrected chi connectivity index (χ3v) is 5.80. The van der Waals surface area contributed by atoms with Crippen LogP contribution >= 0.6 is 19.2 Å². The quantitative estimate of drug-likeness (QED) is 0.396. The third kappa shape index (κ3) is 5.61. The summed E-state index contributed by atoms with van der Waals surface area (Å²) >= 11 is 5.82. The van der Waals surface area contributed by atoms with E-state index in [-0.39, 0.29) is 19.0 Å². The lowest BCUT2D eigenvalue weighted by Crippen LogP contribution is -2.22. The van der Waals surface area contributed by atoms with Gasteiger partial charge in [-0.05, 0) is 31.5 Å². The van der Waals surface area contributed by atoms with Crippen LogP contribution in [0.1, 0.15) is 13.8 Å². The molecule has 0 aliphatic rings. The number of allylic oxidation sites excluding steroid dienone is 2. The molecule has 0 amide bonds. The minimum atomic E-state index is -5.05. The van der Waals surface area contributed by atoms with Crippen molar-refractivity contribution in [2.45, 2.75) is 20.0 Å². The number of aromatic nitrogens is 2. The van der Waals surface area contributed by atoms with E-state index in [0.29, 0.717) is 16.3 Å². The van der Waals surface area contributed by atoms with Crippen LogP contribution in [0.25, 0.3) is 11.3 Å². The Balaban J connectivity index is 2.48. The summed E-state index contributed by atoms with van der Waals surface area (Å²) in [5, 5.41) is 17.0. The average Bonchev–Trinajstić information content (AvgIpc) is 3.10. The van der Waals surface area contributed by atoms with E-state index in [1.807, 2.05) is 5.32 Å². The number of nitrogens with one attached hydrogen (secondary N) is 2. The molecule has 1 aromatic heterocycles. The van der Waals surface area contributed by atoms with Crippen LogP contribution in [0.5, 0.6) is 0 Å². The Labute approximate surface area is 170 Å². The predicted octanol–water partition coefficient (Wildman–Crippen LogP) is 5.71. The maximum absolute atomic E-state index is 13.7. The number of halogens is 4. The summed E-state index contributed by atoms with van der Waals surface area (Å²) in [6.07, 6.45) is -5.05. The van der Waals surface area contributed by atoms with E-state index in [0.717, 1.165) is 0 Å². The second-order valence-corrected chi connectivity index (χ2v) is 7.86. The Bertz CT molecular complexity index is 958. The predicted molar refractivity (Wildman–Crippen MR) is 102 cm³/mol. The van der Waals surface area contributed by atoms with Crippen LogP contribution in [-0.4, -0.2) is 29.6 Å². The molecule has 7 nitrogen and oxygen atoms in total. The maximum atomic E-state index is 13.7. The SMILES string of the molecule is CCOP(=O)(OCC)/C(C#N)=C(\Nc1cc(-c2ccc(Cl)cc2)[nH]n1)C(F)(F)F. The maximum Gasteiger partial charge on any atom is 0.432 e. The first kappa shape index (κ1) is 23.0. The van der Waals surface area contributed by atoms with E-state index in [2.05, 4.69) is 10.2 Å². The van der Waals surface area contributed by atoms with E-state index in [1.165, 1.54) is 26.0 Å². The fourth-order valence-corrected chi connectivity index (χ4v) is 4.03. The molecule has 1 aromatic carbocycles. The van der Waals surface area contributed by atoms with Gasteiger partial charge in [0.25, 0.3) is 0 Å². The highest BCUT2D eigenvalue weighted by atomic mass is 35.5. The molecule has 0 unspecified atom stereocenters. The Kier molecular flexibility index (Phi) is 7.49. The molecule has 0 saturated heterocycles. The van der Waals surface area contributed by atoms with Gasteiger partial charge >= 0.3 is 13.8 Å². The molecule has 1 heterocycles. The van der Waals surface area contributed by atoms with Crippen molar-refractivity contribution in [2.24, 2.45) is 0 Å².